The summed E-state index contributed by atoms with van der Waals surface area (Å²) in [5, 5.41) is 13.7. The van der Waals surface area contributed by atoms with E-state index < -0.39 is 0 Å². The van der Waals surface area contributed by atoms with E-state index in [-0.39, 0.29) is 23.3 Å². The van der Waals surface area contributed by atoms with Gasteiger partial charge in [-0.25, -0.2) is 0 Å². The summed E-state index contributed by atoms with van der Waals surface area (Å²) < 4.78 is 0.797. The topological polar surface area (TPSA) is 84.0 Å². The summed E-state index contributed by atoms with van der Waals surface area (Å²) in [5.74, 6) is 0.0809. The molecule has 0 atom stereocenters. The average Bonchev–Trinajstić information content (AvgIpc) is 2.97. The summed E-state index contributed by atoms with van der Waals surface area (Å²) in [5.41, 5.74) is 1.89. The molecule has 2 rings (SSSR count). The largest absolute Gasteiger partial charge is 0.325 e. The second-order valence-electron chi connectivity index (χ2n) is 4.53. The van der Waals surface area contributed by atoms with Gasteiger partial charge in [0.05, 0.1) is 11.5 Å². The molecule has 1 heterocycles. The quantitative estimate of drug-likeness (QED) is 0.577. The fraction of sp³-hybridized carbons (Fsp3) is 0.286. The Morgan fingerprint density at radius 3 is 2.35 bits per heavy atom. The number of nitrogens with zero attached hydrogens (tertiary/aromatic N) is 2. The summed E-state index contributed by atoms with van der Waals surface area (Å²) in [6.07, 6.45) is 1.90. The number of hydrogen-bond acceptors (Lipinski definition) is 7. The van der Waals surface area contributed by atoms with Crippen LogP contribution in [0.3, 0.4) is 0 Å². The van der Waals surface area contributed by atoms with Gasteiger partial charge in [0.25, 0.3) is 0 Å². The zero-order chi connectivity index (χ0) is 16.7. The molecule has 0 spiro atoms. The number of thioether (sulfide) groups is 2. The van der Waals surface area contributed by atoms with E-state index in [1.54, 1.807) is 0 Å². The summed E-state index contributed by atoms with van der Waals surface area (Å²) in [4.78, 5) is 23.5. The molecule has 122 valence electrons. The second kappa shape index (κ2) is 8.90. The Morgan fingerprint density at radius 1 is 1.09 bits per heavy atom. The lowest BCUT2D eigenvalue weighted by molar-refractivity contribution is -0.114. The van der Waals surface area contributed by atoms with Crippen molar-refractivity contribution < 1.29 is 9.59 Å². The normalized spacial score (nSPS) is 10.3. The minimum absolute atomic E-state index is 0.132. The first-order chi connectivity index (χ1) is 11.1. The summed E-state index contributed by atoms with van der Waals surface area (Å²) in [6, 6.07) is 7.56. The van der Waals surface area contributed by atoms with Gasteiger partial charge in [-0.3, -0.25) is 14.9 Å². The van der Waals surface area contributed by atoms with Gasteiger partial charge in [-0.15, -0.1) is 22.0 Å². The highest BCUT2D eigenvalue weighted by Gasteiger charge is 2.09. The fourth-order valence-corrected chi connectivity index (χ4v) is 3.37. The molecule has 0 saturated heterocycles. The SMILES string of the molecule is CSc1nnc(NC(=O)CSCC(=O)Nc2ccc(C)cc2)s1. The van der Waals surface area contributed by atoms with Crippen molar-refractivity contribution in [2.45, 2.75) is 11.3 Å². The maximum atomic E-state index is 11.8. The van der Waals surface area contributed by atoms with Gasteiger partial charge in [0, 0.05) is 5.69 Å². The Bertz CT molecular complexity index is 673. The van der Waals surface area contributed by atoms with Gasteiger partial charge in [0.2, 0.25) is 16.9 Å². The first kappa shape index (κ1) is 17.8. The molecule has 23 heavy (non-hydrogen) atoms. The van der Waals surface area contributed by atoms with E-state index in [0.29, 0.717) is 5.13 Å². The number of carbonyl (C=O) groups is 2. The van der Waals surface area contributed by atoms with Gasteiger partial charge in [-0.1, -0.05) is 40.8 Å². The van der Waals surface area contributed by atoms with E-state index in [1.165, 1.54) is 34.9 Å². The number of nitrogens with one attached hydrogen (secondary N) is 2. The molecule has 2 amide bonds. The lowest BCUT2D eigenvalue weighted by atomic mass is 10.2. The van der Waals surface area contributed by atoms with Crippen LogP contribution in [0.2, 0.25) is 0 Å². The summed E-state index contributed by atoms with van der Waals surface area (Å²) >= 11 is 4.05. The molecule has 0 aliphatic rings. The van der Waals surface area contributed by atoms with E-state index in [4.69, 9.17) is 0 Å². The van der Waals surface area contributed by atoms with Crippen LogP contribution in [0.15, 0.2) is 28.6 Å². The molecule has 0 unspecified atom stereocenters. The predicted octanol–water partition coefficient (Wildman–Crippen LogP) is 2.88. The Labute approximate surface area is 146 Å². The lowest BCUT2D eigenvalue weighted by Gasteiger charge is -2.05. The Kier molecular flexibility index (Phi) is 6.87. The third-order valence-electron chi connectivity index (χ3n) is 2.63. The molecule has 0 aliphatic heterocycles. The predicted molar refractivity (Wildman–Crippen MR) is 97.5 cm³/mol. The van der Waals surface area contributed by atoms with Crippen molar-refractivity contribution in [3.63, 3.8) is 0 Å². The fourth-order valence-electron chi connectivity index (χ4n) is 1.57. The number of anilines is 2. The molecule has 1 aromatic heterocycles. The molecule has 0 saturated carbocycles. The molecule has 0 radical (unpaired) electrons. The Balaban J connectivity index is 1.68. The van der Waals surface area contributed by atoms with Gasteiger partial charge < -0.3 is 5.32 Å². The highest BCUT2D eigenvalue weighted by Crippen LogP contribution is 2.23. The van der Waals surface area contributed by atoms with Crippen LogP contribution in [0.1, 0.15) is 5.56 Å². The van der Waals surface area contributed by atoms with Crippen molar-refractivity contribution in [2.75, 3.05) is 28.4 Å². The maximum Gasteiger partial charge on any atom is 0.236 e. The van der Waals surface area contributed by atoms with E-state index in [0.717, 1.165) is 15.6 Å². The summed E-state index contributed by atoms with van der Waals surface area (Å²) in [6.45, 7) is 1.99. The number of hydrogen-bond donors (Lipinski definition) is 2. The standard InChI is InChI=1S/C14H16N4O2S3/c1-9-3-5-10(6-4-9)15-11(19)7-22-8-12(20)16-13-17-18-14(21-2)23-13/h3-6H,7-8H2,1-2H3,(H,15,19)(H,16,17,20). The third kappa shape index (κ3) is 6.20. The van der Waals surface area contributed by atoms with E-state index in [2.05, 4.69) is 20.8 Å². The highest BCUT2D eigenvalue weighted by molar-refractivity contribution is 8.00. The molecule has 0 aliphatic carbocycles. The zero-order valence-electron chi connectivity index (χ0n) is 12.7. The van der Waals surface area contributed by atoms with E-state index in [1.807, 2.05) is 37.4 Å². The molecular weight excluding hydrogens is 352 g/mol. The van der Waals surface area contributed by atoms with Gasteiger partial charge in [0.1, 0.15) is 0 Å². The molecule has 0 bridgehead atoms. The maximum absolute atomic E-state index is 11.8. The van der Waals surface area contributed by atoms with Crippen LogP contribution in [0, 0.1) is 6.92 Å². The minimum atomic E-state index is -0.193. The van der Waals surface area contributed by atoms with Crippen LogP contribution < -0.4 is 10.6 Å². The van der Waals surface area contributed by atoms with Crippen molar-refractivity contribution in [3.8, 4) is 0 Å². The number of aryl methyl sites for hydroxylation is 1. The number of amides is 2. The molecular formula is C14H16N4O2S3. The van der Waals surface area contributed by atoms with Crippen molar-refractivity contribution in [2.24, 2.45) is 0 Å². The highest BCUT2D eigenvalue weighted by atomic mass is 32.2. The molecule has 6 nitrogen and oxygen atoms in total. The average molecular weight is 369 g/mol. The van der Waals surface area contributed by atoms with Crippen LogP contribution in [-0.4, -0.2) is 39.8 Å². The first-order valence-corrected chi connectivity index (χ1v) is 9.88. The molecule has 2 N–H and O–H groups in total. The van der Waals surface area contributed by atoms with Crippen molar-refractivity contribution in [1.82, 2.24) is 10.2 Å². The van der Waals surface area contributed by atoms with Crippen LogP contribution in [-0.2, 0) is 9.59 Å². The number of rotatable bonds is 7. The van der Waals surface area contributed by atoms with Crippen LogP contribution >= 0.6 is 34.9 Å². The molecule has 1 aromatic carbocycles. The van der Waals surface area contributed by atoms with Gasteiger partial charge in [0.15, 0.2) is 4.34 Å². The molecule has 0 fully saturated rings. The van der Waals surface area contributed by atoms with Crippen LogP contribution in [0.25, 0.3) is 0 Å². The summed E-state index contributed by atoms with van der Waals surface area (Å²) in [7, 11) is 0. The van der Waals surface area contributed by atoms with Crippen molar-refractivity contribution >= 4 is 57.5 Å². The number of benzene rings is 1. The molecule has 9 heteroatoms. The van der Waals surface area contributed by atoms with E-state index in [9.17, 15) is 9.59 Å². The first-order valence-electron chi connectivity index (χ1n) is 6.68. The number of aromatic nitrogens is 2. The monoisotopic (exact) mass is 368 g/mol. The lowest BCUT2D eigenvalue weighted by Crippen LogP contribution is -2.18. The second-order valence-corrected chi connectivity index (χ2v) is 7.55. The van der Waals surface area contributed by atoms with Crippen LogP contribution in [0.5, 0.6) is 0 Å². The zero-order valence-corrected chi connectivity index (χ0v) is 15.1. The van der Waals surface area contributed by atoms with Crippen molar-refractivity contribution in [3.05, 3.63) is 29.8 Å². The van der Waals surface area contributed by atoms with Gasteiger partial charge in [-0.2, -0.15) is 0 Å². The number of carbonyl (C=O) groups excluding carboxylic acids is 2. The van der Waals surface area contributed by atoms with Crippen LogP contribution in [0.4, 0.5) is 10.8 Å². The third-order valence-corrected chi connectivity index (χ3v) is 5.38. The van der Waals surface area contributed by atoms with Gasteiger partial charge >= 0.3 is 0 Å². The Hall–Kier alpha value is -1.58. The van der Waals surface area contributed by atoms with Crippen molar-refractivity contribution in [1.29, 1.82) is 0 Å². The Morgan fingerprint density at radius 2 is 1.74 bits per heavy atom. The van der Waals surface area contributed by atoms with Gasteiger partial charge in [-0.05, 0) is 25.3 Å². The minimum Gasteiger partial charge on any atom is -0.325 e. The molecule has 2 aromatic rings. The smallest absolute Gasteiger partial charge is 0.236 e. The van der Waals surface area contributed by atoms with E-state index >= 15 is 0 Å².